The minimum absolute atomic E-state index is 0. The molecule has 0 aliphatic heterocycles. The van der Waals surface area contributed by atoms with Gasteiger partial charge in [-0.25, -0.2) is 28.1 Å². The first-order chi connectivity index (χ1) is 14.2. The molecule has 2 aromatic heterocycles. The molecule has 0 bridgehead atoms. The van der Waals surface area contributed by atoms with E-state index < -0.39 is 10.0 Å². The van der Waals surface area contributed by atoms with Crippen LogP contribution in [-0.4, -0.2) is 40.0 Å². The van der Waals surface area contributed by atoms with Crippen molar-refractivity contribution in [3.63, 3.8) is 0 Å². The first kappa shape index (κ1) is 24.3. The zero-order valence-corrected chi connectivity index (χ0v) is 18.9. The molecule has 164 valence electrons. The molecule has 1 amide bonds. The molecule has 0 unspecified atom stereocenters. The number of anilines is 2. The van der Waals surface area contributed by atoms with Crippen molar-refractivity contribution in [2.24, 2.45) is 0 Å². The molecule has 31 heavy (non-hydrogen) atoms. The van der Waals surface area contributed by atoms with E-state index in [-0.39, 0.29) is 40.5 Å². The number of thioether (sulfide) groups is 1. The number of benzene rings is 1. The molecule has 3 aromatic rings. The zero-order chi connectivity index (χ0) is 21.7. The Morgan fingerprint density at radius 3 is 2.45 bits per heavy atom. The van der Waals surface area contributed by atoms with Crippen molar-refractivity contribution < 1.29 is 13.2 Å². The van der Waals surface area contributed by atoms with E-state index in [0.717, 1.165) is 11.8 Å². The fourth-order valence-electron chi connectivity index (χ4n) is 2.35. The molecule has 3 N–H and O–H groups in total. The van der Waals surface area contributed by atoms with Crippen LogP contribution in [0.4, 0.5) is 11.6 Å². The molecule has 2 heterocycles. The topological polar surface area (TPSA) is 147 Å². The Balaban J connectivity index is 0.00000341. The first-order valence-corrected chi connectivity index (χ1v) is 11.1. The monoisotopic (exact) mass is 482 g/mol. The van der Waals surface area contributed by atoms with Crippen LogP contribution < -0.4 is 15.6 Å². The summed E-state index contributed by atoms with van der Waals surface area (Å²) in [6.07, 6.45) is 1.46. The molecule has 0 spiro atoms. The van der Waals surface area contributed by atoms with Gasteiger partial charge in [0.25, 0.3) is 15.6 Å². The number of nitrogens with zero attached hydrogens (tertiary/aromatic N) is 3. The second-order valence-corrected chi connectivity index (χ2v) is 8.83. The summed E-state index contributed by atoms with van der Waals surface area (Å²) >= 11 is 1.09. The van der Waals surface area contributed by atoms with Crippen LogP contribution in [0.5, 0.6) is 0 Å². The van der Waals surface area contributed by atoms with Crippen molar-refractivity contribution in [2.75, 3.05) is 15.8 Å². The number of hydrogen-bond acceptors (Lipinski definition) is 8. The van der Waals surface area contributed by atoms with Gasteiger partial charge in [0.15, 0.2) is 5.16 Å². The minimum atomic E-state index is -3.86. The van der Waals surface area contributed by atoms with Crippen LogP contribution in [0.1, 0.15) is 11.4 Å². The summed E-state index contributed by atoms with van der Waals surface area (Å²) in [7, 11) is -3.86. The first-order valence-electron chi connectivity index (χ1n) is 8.64. The molecule has 0 radical (unpaired) electrons. The van der Waals surface area contributed by atoms with Crippen molar-refractivity contribution >= 4 is 51.7 Å². The molecule has 0 aliphatic carbocycles. The number of hydrogen-bond donors (Lipinski definition) is 3. The van der Waals surface area contributed by atoms with Gasteiger partial charge >= 0.3 is 0 Å². The largest absolute Gasteiger partial charge is 0.325 e. The Kier molecular flexibility index (Phi) is 8.14. The van der Waals surface area contributed by atoms with E-state index in [9.17, 15) is 18.0 Å². The normalized spacial score (nSPS) is 10.8. The summed E-state index contributed by atoms with van der Waals surface area (Å²) in [6, 6.07) is 8.68. The van der Waals surface area contributed by atoms with Gasteiger partial charge in [0.05, 0.1) is 10.6 Å². The number of H-pyrrole nitrogens is 1. The fraction of sp³-hybridized carbons (Fsp3) is 0.167. The van der Waals surface area contributed by atoms with E-state index in [4.69, 9.17) is 0 Å². The summed E-state index contributed by atoms with van der Waals surface area (Å²) in [5, 5.41) is 3.01. The van der Waals surface area contributed by atoms with E-state index in [2.05, 4.69) is 30.0 Å². The van der Waals surface area contributed by atoms with Gasteiger partial charge in [0, 0.05) is 29.3 Å². The summed E-state index contributed by atoms with van der Waals surface area (Å²) in [5.41, 5.74) is 1.33. The number of nitrogens with one attached hydrogen (secondary N) is 3. The lowest BCUT2D eigenvalue weighted by molar-refractivity contribution is -0.113. The summed E-state index contributed by atoms with van der Waals surface area (Å²) in [5.74, 6) is -0.322. The maximum atomic E-state index is 12.4. The number of carbonyl (C=O) groups is 1. The number of aromatic amines is 1. The lowest BCUT2D eigenvalue weighted by atomic mass is 10.3. The van der Waals surface area contributed by atoms with Gasteiger partial charge in [-0.1, -0.05) is 11.8 Å². The number of rotatable bonds is 7. The van der Waals surface area contributed by atoms with E-state index in [1.807, 2.05) is 0 Å². The van der Waals surface area contributed by atoms with Crippen molar-refractivity contribution in [1.29, 1.82) is 0 Å². The van der Waals surface area contributed by atoms with E-state index in [1.165, 1.54) is 36.5 Å². The summed E-state index contributed by atoms with van der Waals surface area (Å²) in [6.45, 7) is 3.41. The van der Waals surface area contributed by atoms with Crippen LogP contribution in [0.3, 0.4) is 0 Å². The molecule has 3 rings (SSSR count). The van der Waals surface area contributed by atoms with Crippen LogP contribution in [-0.2, 0) is 14.8 Å². The molecular formula is C18H19ClN6O4S2. The average molecular weight is 483 g/mol. The van der Waals surface area contributed by atoms with Crippen molar-refractivity contribution in [3.05, 3.63) is 64.3 Å². The van der Waals surface area contributed by atoms with Crippen LogP contribution in [0, 0.1) is 13.8 Å². The van der Waals surface area contributed by atoms with Crippen LogP contribution in [0.15, 0.2) is 57.4 Å². The standard InChI is InChI=1S/C18H18N6O4S2.ClH/c1-11-7-8-19-17(20-11)24-30(27,28)14-5-3-13(4-6-14)22-16(26)10-29-18-21-12(2)9-15(25)23-18;/h3-9H,10H2,1-2H3,(H,22,26)(H,19,20,24)(H,21,23,25);1H. The van der Waals surface area contributed by atoms with Crippen LogP contribution in [0.2, 0.25) is 0 Å². The highest BCUT2D eigenvalue weighted by Gasteiger charge is 2.16. The van der Waals surface area contributed by atoms with Gasteiger partial charge in [0.2, 0.25) is 11.9 Å². The smallest absolute Gasteiger partial charge is 0.264 e. The Labute approximate surface area is 188 Å². The minimum Gasteiger partial charge on any atom is -0.325 e. The van der Waals surface area contributed by atoms with Gasteiger partial charge in [-0.3, -0.25) is 9.59 Å². The van der Waals surface area contributed by atoms with Crippen molar-refractivity contribution in [1.82, 2.24) is 19.9 Å². The molecular weight excluding hydrogens is 464 g/mol. The molecule has 10 nitrogen and oxygen atoms in total. The van der Waals surface area contributed by atoms with E-state index >= 15 is 0 Å². The number of carbonyl (C=O) groups excluding carboxylic acids is 1. The molecule has 0 atom stereocenters. The predicted molar refractivity (Wildman–Crippen MR) is 120 cm³/mol. The second-order valence-electron chi connectivity index (χ2n) is 6.18. The lowest BCUT2D eigenvalue weighted by Crippen LogP contribution is -2.17. The Hall–Kier alpha value is -2.96. The molecule has 0 saturated heterocycles. The molecule has 13 heteroatoms. The number of sulfonamides is 1. The molecule has 0 aliphatic rings. The SMILES string of the molecule is Cc1ccnc(NS(=O)(=O)c2ccc(NC(=O)CSc3nc(C)cc(=O)[nH]3)cc2)n1.Cl. The number of aromatic nitrogens is 4. The van der Waals surface area contributed by atoms with Crippen molar-refractivity contribution in [2.45, 2.75) is 23.9 Å². The summed E-state index contributed by atoms with van der Waals surface area (Å²) < 4.78 is 27.2. The molecule has 1 aromatic carbocycles. The van der Waals surface area contributed by atoms with Crippen molar-refractivity contribution in [3.8, 4) is 0 Å². The average Bonchev–Trinajstić information content (AvgIpc) is 2.66. The third kappa shape index (κ3) is 7.05. The molecule has 0 fully saturated rings. The second kappa shape index (κ2) is 10.4. The highest BCUT2D eigenvalue weighted by atomic mass is 35.5. The third-order valence-corrected chi connectivity index (χ3v) is 5.87. The van der Waals surface area contributed by atoms with Crippen LogP contribution in [0.25, 0.3) is 0 Å². The molecule has 0 saturated carbocycles. The van der Waals surface area contributed by atoms with E-state index in [1.54, 1.807) is 19.9 Å². The van der Waals surface area contributed by atoms with Gasteiger partial charge in [-0.2, -0.15) is 0 Å². The Morgan fingerprint density at radius 1 is 1.10 bits per heavy atom. The number of halogens is 1. The maximum absolute atomic E-state index is 12.4. The zero-order valence-electron chi connectivity index (χ0n) is 16.4. The Bertz CT molecular complexity index is 1230. The van der Waals surface area contributed by atoms with Gasteiger partial charge in [-0.05, 0) is 44.2 Å². The third-order valence-electron chi connectivity index (χ3n) is 3.66. The highest BCUT2D eigenvalue weighted by molar-refractivity contribution is 7.99. The van der Waals surface area contributed by atoms with Crippen LogP contribution >= 0.6 is 24.2 Å². The number of aryl methyl sites for hydroxylation is 2. The predicted octanol–water partition coefficient (Wildman–Crippen LogP) is 2.13. The number of amides is 1. The van der Waals surface area contributed by atoms with E-state index in [0.29, 0.717) is 22.2 Å². The maximum Gasteiger partial charge on any atom is 0.264 e. The lowest BCUT2D eigenvalue weighted by Gasteiger charge is -2.09. The van der Waals surface area contributed by atoms with Gasteiger partial charge in [-0.15, -0.1) is 12.4 Å². The summed E-state index contributed by atoms with van der Waals surface area (Å²) in [4.78, 5) is 38.1. The quantitative estimate of drug-likeness (QED) is 0.342. The van der Waals surface area contributed by atoms with Gasteiger partial charge in [0.1, 0.15) is 0 Å². The highest BCUT2D eigenvalue weighted by Crippen LogP contribution is 2.17. The fourth-order valence-corrected chi connectivity index (χ4v) is 4.02. The Morgan fingerprint density at radius 2 is 1.81 bits per heavy atom. The van der Waals surface area contributed by atoms with Gasteiger partial charge < -0.3 is 10.3 Å².